The van der Waals surface area contributed by atoms with Gasteiger partial charge >= 0.3 is 0 Å². The Hall–Kier alpha value is -2.57. The molecule has 1 aliphatic heterocycles. The highest BCUT2D eigenvalue weighted by atomic mass is 16.5. The summed E-state index contributed by atoms with van der Waals surface area (Å²) < 4.78 is 5.15. The molecule has 0 saturated carbocycles. The molecular weight excluding hydrogens is 346 g/mol. The highest BCUT2D eigenvalue weighted by molar-refractivity contribution is 5.79. The first-order valence-corrected chi connectivity index (χ1v) is 9.32. The minimum absolute atomic E-state index is 0.0299. The summed E-state index contributed by atoms with van der Waals surface area (Å²) in [7, 11) is 1.63. The van der Waals surface area contributed by atoms with Crippen LogP contribution in [0.3, 0.4) is 0 Å². The first-order chi connectivity index (χ1) is 12.9. The van der Waals surface area contributed by atoms with Crippen LogP contribution in [0.25, 0.3) is 0 Å². The minimum atomic E-state index is -0.0299. The molecule has 0 N–H and O–H groups in total. The lowest BCUT2D eigenvalue weighted by atomic mass is 10.1. The molecular formula is C20H29N3O4. The van der Waals surface area contributed by atoms with Crippen molar-refractivity contribution in [2.24, 2.45) is 0 Å². The SMILES string of the molecule is COc1ccc(CCN(CCC(=O)N2CCN(C(C)=O)CC2)C(C)=O)cc1. The molecule has 0 aromatic heterocycles. The fraction of sp³-hybridized carbons (Fsp3) is 0.550. The maximum absolute atomic E-state index is 12.4. The molecule has 0 spiro atoms. The number of amides is 3. The highest BCUT2D eigenvalue weighted by Crippen LogP contribution is 2.12. The number of benzene rings is 1. The van der Waals surface area contributed by atoms with E-state index in [1.807, 2.05) is 24.3 Å². The summed E-state index contributed by atoms with van der Waals surface area (Å²) in [6.07, 6.45) is 1.04. The Balaban J connectivity index is 1.79. The number of ether oxygens (including phenoxy) is 1. The van der Waals surface area contributed by atoms with Crippen molar-refractivity contribution in [1.82, 2.24) is 14.7 Å². The molecule has 1 aliphatic rings. The van der Waals surface area contributed by atoms with E-state index in [4.69, 9.17) is 4.74 Å². The van der Waals surface area contributed by atoms with Gasteiger partial charge in [0.2, 0.25) is 17.7 Å². The van der Waals surface area contributed by atoms with Gasteiger partial charge in [0.15, 0.2) is 0 Å². The van der Waals surface area contributed by atoms with Crippen LogP contribution in [-0.4, -0.2) is 78.8 Å². The largest absolute Gasteiger partial charge is 0.497 e. The third-order valence-corrected chi connectivity index (χ3v) is 4.95. The quantitative estimate of drug-likeness (QED) is 0.717. The Morgan fingerprint density at radius 2 is 1.56 bits per heavy atom. The van der Waals surface area contributed by atoms with E-state index in [1.165, 1.54) is 6.92 Å². The third-order valence-electron chi connectivity index (χ3n) is 4.95. The predicted octanol–water partition coefficient (Wildman–Crippen LogP) is 1.17. The zero-order valence-corrected chi connectivity index (χ0v) is 16.4. The number of piperazine rings is 1. The zero-order chi connectivity index (χ0) is 19.8. The standard InChI is InChI=1S/C20H29N3O4/c1-16(24)21(10-8-18-4-6-19(27-3)7-5-18)11-9-20(26)23-14-12-22(13-15-23)17(2)25/h4-7H,8-15H2,1-3H3. The summed E-state index contributed by atoms with van der Waals surface area (Å²) in [6.45, 7) is 6.35. The molecule has 1 fully saturated rings. The lowest BCUT2D eigenvalue weighted by molar-refractivity contribution is -0.139. The van der Waals surface area contributed by atoms with Gasteiger partial charge in [-0.2, -0.15) is 0 Å². The molecule has 1 heterocycles. The number of hydrogen-bond donors (Lipinski definition) is 0. The molecule has 3 amide bonds. The Kier molecular flexibility index (Phi) is 7.64. The number of carbonyl (C=O) groups is 3. The molecule has 7 nitrogen and oxygen atoms in total. The smallest absolute Gasteiger partial charge is 0.224 e. The number of hydrogen-bond acceptors (Lipinski definition) is 4. The topological polar surface area (TPSA) is 70.2 Å². The monoisotopic (exact) mass is 375 g/mol. The molecule has 27 heavy (non-hydrogen) atoms. The van der Waals surface area contributed by atoms with Gasteiger partial charge < -0.3 is 19.4 Å². The van der Waals surface area contributed by atoms with E-state index in [0.29, 0.717) is 45.7 Å². The zero-order valence-electron chi connectivity index (χ0n) is 16.4. The van der Waals surface area contributed by atoms with Crippen LogP contribution in [0.1, 0.15) is 25.8 Å². The Bertz CT molecular complexity index is 652. The van der Waals surface area contributed by atoms with Crippen LogP contribution in [0.2, 0.25) is 0 Å². The van der Waals surface area contributed by atoms with Crippen LogP contribution in [0, 0.1) is 0 Å². The molecule has 7 heteroatoms. The normalized spacial score (nSPS) is 14.0. The summed E-state index contributed by atoms with van der Waals surface area (Å²) in [5.41, 5.74) is 1.12. The number of methoxy groups -OCH3 is 1. The van der Waals surface area contributed by atoms with Crippen molar-refractivity contribution in [3.05, 3.63) is 29.8 Å². The van der Waals surface area contributed by atoms with Gasteiger partial charge in [0.05, 0.1) is 7.11 Å². The van der Waals surface area contributed by atoms with Crippen LogP contribution in [0.4, 0.5) is 0 Å². The van der Waals surface area contributed by atoms with Crippen molar-refractivity contribution < 1.29 is 19.1 Å². The second-order valence-corrected chi connectivity index (χ2v) is 6.74. The van der Waals surface area contributed by atoms with Gasteiger partial charge in [0.25, 0.3) is 0 Å². The predicted molar refractivity (Wildman–Crippen MR) is 102 cm³/mol. The summed E-state index contributed by atoms with van der Waals surface area (Å²) in [4.78, 5) is 40.9. The van der Waals surface area contributed by atoms with Gasteiger partial charge in [-0.05, 0) is 24.1 Å². The lowest BCUT2D eigenvalue weighted by Crippen LogP contribution is -2.50. The van der Waals surface area contributed by atoms with Crippen molar-refractivity contribution in [2.45, 2.75) is 26.7 Å². The van der Waals surface area contributed by atoms with E-state index in [9.17, 15) is 14.4 Å². The maximum Gasteiger partial charge on any atom is 0.224 e. The van der Waals surface area contributed by atoms with Gasteiger partial charge in [0, 0.05) is 59.5 Å². The van der Waals surface area contributed by atoms with E-state index in [0.717, 1.165) is 17.7 Å². The van der Waals surface area contributed by atoms with Crippen LogP contribution in [0.15, 0.2) is 24.3 Å². The first-order valence-electron chi connectivity index (χ1n) is 9.32. The van der Waals surface area contributed by atoms with Gasteiger partial charge in [0.1, 0.15) is 5.75 Å². The second kappa shape index (κ2) is 9.94. The van der Waals surface area contributed by atoms with E-state index >= 15 is 0 Å². The van der Waals surface area contributed by atoms with Crippen molar-refractivity contribution in [3.63, 3.8) is 0 Å². The van der Waals surface area contributed by atoms with Gasteiger partial charge in [-0.3, -0.25) is 14.4 Å². The molecule has 0 bridgehead atoms. The first kappa shape index (κ1) is 20.7. The molecule has 0 radical (unpaired) electrons. The van der Waals surface area contributed by atoms with Gasteiger partial charge in [-0.25, -0.2) is 0 Å². The van der Waals surface area contributed by atoms with Crippen molar-refractivity contribution in [2.75, 3.05) is 46.4 Å². The van der Waals surface area contributed by atoms with Gasteiger partial charge in [-0.15, -0.1) is 0 Å². The van der Waals surface area contributed by atoms with Crippen molar-refractivity contribution in [3.8, 4) is 5.75 Å². The van der Waals surface area contributed by atoms with E-state index < -0.39 is 0 Å². The highest BCUT2D eigenvalue weighted by Gasteiger charge is 2.22. The molecule has 2 rings (SSSR count). The van der Waals surface area contributed by atoms with E-state index in [1.54, 1.807) is 28.7 Å². The summed E-state index contributed by atoms with van der Waals surface area (Å²) in [6, 6.07) is 7.77. The number of rotatable bonds is 7. The Morgan fingerprint density at radius 1 is 0.963 bits per heavy atom. The third kappa shape index (κ3) is 6.27. The Morgan fingerprint density at radius 3 is 2.07 bits per heavy atom. The second-order valence-electron chi connectivity index (χ2n) is 6.74. The van der Waals surface area contributed by atoms with E-state index in [-0.39, 0.29) is 17.7 Å². The summed E-state index contributed by atoms with van der Waals surface area (Å²) in [5, 5.41) is 0. The fourth-order valence-electron chi connectivity index (χ4n) is 3.14. The van der Waals surface area contributed by atoms with Crippen molar-refractivity contribution >= 4 is 17.7 Å². The lowest BCUT2D eigenvalue weighted by Gasteiger charge is -2.34. The maximum atomic E-state index is 12.4. The van der Waals surface area contributed by atoms with Crippen molar-refractivity contribution in [1.29, 1.82) is 0 Å². The van der Waals surface area contributed by atoms with Gasteiger partial charge in [-0.1, -0.05) is 12.1 Å². The van der Waals surface area contributed by atoms with E-state index in [2.05, 4.69) is 0 Å². The molecule has 148 valence electrons. The summed E-state index contributed by atoms with van der Waals surface area (Å²) in [5.74, 6) is 0.854. The Labute approximate surface area is 160 Å². The molecule has 1 aromatic carbocycles. The molecule has 0 aliphatic carbocycles. The number of nitrogens with zero attached hydrogens (tertiary/aromatic N) is 3. The van der Waals surface area contributed by atoms with Crippen LogP contribution in [-0.2, 0) is 20.8 Å². The minimum Gasteiger partial charge on any atom is -0.497 e. The van der Waals surface area contributed by atoms with Crippen LogP contribution < -0.4 is 4.74 Å². The van der Waals surface area contributed by atoms with Crippen LogP contribution >= 0.6 is 0 Å². The van der Waals surface area contributed by atoms with Crippen LogP contribution in [0.5, 0.6) is 5.75 Å². The molecule has 0 atom stereocenters. The molecule has 1 saturated heterocycles. The summed E-state index contributed by atoms with van der Waals surface area (Å²) >= 11 is 0. The fourth-order valence-corrected chi connectivity index (χ4v) is 3.14. The average molecular weight is 375 g/mol. The molecule has 1 aromatic rings. The molecule has 0 unspecified atom stereocenters. The average Bonchev–Trinajstić information content (AvgIpc) is 2.68. The number of carbonyl (C=O) groups excluding carboxylic acids is 3.